The van der Waals surface area contributed by atoms with Crippen molar-refractivity contribution < 1.29 is 48.4 Å². The van der Waals surface area contributed by atoms with Crippen molar-refractivity contribution in [2.24, 2.45) is 0 Å². The third kappa shape index (κ3) is 6.97. The van der Waals surface area contributed by atoms with Gasteiger partial charge in [0.05, 0.1) is 40.6 Å². The van der Waals surface area contributed by atoms with Crippen molar-refractivity contribution in [3.63, 3.8) is 0 Å². The highest BCUT2D eigenvalue weighted by molar-refractivity contribution is 5.98. The average molecular weight is 941 g/mol. The number of amides is 3. The summed E-state index contributed by atoms with van der Waals surface area (Å²) >= 11 is 0. The number of likely N-dealkylation sites (tertiary alicyclic amines) is 2. The van der Waals surface area contributed by atoms with Crippen molar-refractivity contribution in [1.29, 1.82) is 0 Å². The average Bonchev–Trinajstić information content (AvgIpc) is 4.12. The van der Waals surface area contributed by atoms with Crippen molar-refractivity contribution in [2.45, 2.75) is 129 Å². The summed E-state index contributed by atoms with van der Waals surface area (Å²) in [6.45, 7) is 11.1. The topological polar surface area (TPSA) is 204 Å². The Balaban J connectivity index is 0.759. The van der Waals surface area contributed by atoms with Crippen LogP contribution in [0.15, 0.2) is 47.3 Å². The van der Waals surface area contributed by atoms with E-state index >= 15 is 4.39 Å². The fourth-order valence-corrected chi connectivity index (χ4v) is 11.9. The molecule has 69 heavy (non-hydrogen) atoms. The molecule has 4 N–H and O–H groups in total. The zero-order chi connectivity index (χ0) is 48.5. The molecule has 5 atom stereocenters. The van der Waals surface area contributed by atoms with Gasteiger partial charge in [-0.3, -0.25) is 19.3 Å². The molecule has 358 valence electrons. The molecule has 11 rings (SSSR count). The third-order valence-corrected chi connectivity index (χ3v) is 15.6. The zero-order valence-corrected chi connectivity index (χ0v) is 39.0. The number of rotatable bonds is 8. The number of ether oxygens (including phenoxy) is 2. The maximum atomic E-state index is 15.4. The number of piperazine rings is 1. The first-order chi connectivity index (χ1) is 32.9. The Labute approximate surface area is 396 Å². The number of nitrogens with zero attached hydrogens (tertiary/aromatic N) is 5. The molecule has 0 spiro atoms. The quantitative estimate of drug-likeness (QED) is 0.134. The second-order valence-corrected chi connectivity index (χ2v) is 19.9. The van der Waals surface area contributed by atoms with Crippen molar-refractivity contribution >= 4 is 34.8 Å². The maximum Gasteiger partial charge on any atom is 0.408 e. The fourth-order valence-electron chi connectivity index (χ4n) is 11.9. The molecular formula is C52H53FN6O10. The van der Waals surface area contributed by atoms with Crippen molar-refractivity contribution in [3.8, 4) is 22.9 Å². The highest BCUT2D eigenvalue weighted by Crippen LogP contribution is 2.46. The molecule has 7 heterocycles. The zero-order valence-electron chi connectivity index (χ0n) is 39.0. The standard InChI is InChI=1S/C52H53FN6O10/c1-6-52(67)37-14-41-46-35(22-59(41)49(64)36(37)23-68-50(52)65)45-39(10-9-32-25(4)38(53)15-40(54-46)44(32)45)55-51(66)69-26(5)47(62)58-21-30-12-31(58)20-56(30)17-27-7-8-28-18-57(19-29(28)11-27)48(63)34-13-33(24(2)3)42(60)16-43(34)61/h7-8,11,13-16,24,26,30-31,39,60-61,67H,6,9-10,12,17-23H2,1-5H3,(H,55,66)/t26-,30+,31+,39-,52-/m0/s1. The van der Waals surface area contributed by atoms with Crippen LogP contribution in [0.1, 0.15) is 125 Å². The molecule has 2 saturated heterocycles. The normalized spacial score (nSPS) is 22.4. The van der Waals surface area contributed by atoms with Gasteiger partial charge in [-0.25, -0.2) is 19.0 Å². The monoisotopic (exact) mass is 940 g/mol. The summed E-state index contributed by atoms with van der Waals surface area (Å²) in [6.07, 6.45) is -0.308. The van der Waals surface area contributed by atoms with Gasteiger partial charge in [-0.15, -0.1) is 0 Å². The molecule has 16 nitrogen and oxygen atoms in total. The van der Waals surface area contributed by atoms with E-state index < -0.39 is 41.2 Å². The molecule has 6 aliphatic rings. The molecule has 0 radical (unpaired) electrons. The molecule has 0 unspecified atom stereocenters. The number of nitrogens with one attached hydrogen (secondary N) is 1. The molecule has 3 aromatic carbocycles. The van der Waals surface area contributed by atoms with Crippen molar-refractivity contribution in [1.82, 2.24) is 29.6 Å². The summed E-state index contributed by atoms with van der Waals surface area (Å²) in [4.78, 5) is 78.9. The Kier molecular flexibility index (Phi) is 10.4. The minimum Gasteiger partial charge on any atom is -0.508 e. The van der Waals surface area contributed by atoms with Crippen LogP contribution in [0.5, 0.6) is 11.5 Å². The molecule has 2 fully saturated rings. The van der Waals surface area contributed by atoms with Gasteiger partial charge in [0.15, 0.2) is 11.7 Å². The number of benzene rings is 3. The lowest BCUT2D eigenvalue weighted by atomic mass is 9.81. The van der Waals surface area contributed by atoms with E-state index in [0.29, 0.717) is 90.1 Å². The van der Waals surface area contributed by atoms with Gasteiger partial charge < -0.3 is 44.5 Å². The van der Waals surface area contributed by atoms with Crippen LogP contribution in [0.25, 0.3) is 22.3 Å². The minimum atomic E-state index is -2.02. The van der Waals surface area contributed by atoms with Gasteiger partial charge in [0.2, 0.25) is 0 Å². The Morgan fingerprint density at radius 1 is 0.971 bits per heavy atom. The van der Waals surface area contributed by atoms with E-state index in [9.17, 15) is 39.3 Å². The first kappa shape index (κ1) is 44.6. The van der Waals surface area contributed by atoms with Crippen LogP contribution in [0.4, 0.5) is 9.18 Å². The maximum absolute atomic E-state index is 15.4. The minimum absolute atomic E-state index is 0.0222. The number of carbonyl (C=O) groups is 4. The van der Waals surface area contributed by atoms with Gasteiger partial charge in [0.25, 0.3) is 17.4 Å². The Bertz CT molecular complexity index is 3170. The van der Waals surface area contributed by atoms with Crippen LogP contribution in [0, 0.1) is 12.7 Å². The molecule has 1 aliphatic carbocycles. The second kappa shape index (κ2) is 16.1. The lowest BCUT2D eigenvalue weighted by molar-refractivity contribution is -0.172. The summed E-state index contributed by atoms with van der Waals surface area (Å²) < 4.78 is 28.0. The van der Waals surface area contributed by atoms with Gasteiger partial charge in [0, 0.05) is 73.5 Å². The Morgan fingerprint density at radius 2 is 1.75 bits per heavy atom. The van der Waals surface area contributed by atoms with E-state index in [1.807, 2.05) is 19.9 Å². The number of cyclic esters (lactones) is 1. The first-order valence-corrected chi connectivity index (χ1v) is 23.7. The fraction of sp³-hybridized carbons (Fsp3) is 0.423. The molecule has 5 aliphatic heterocycles. The lowest BCUT2D eigenvalue weighted by Gasteiger charge is -2.35. The number of carbonyl (C=O) groups excluding carboxylic acids is 4. The summed E-state index contributed by atoms with van der Waals surface area (Å²) in [7, 11) is 0. The van der Waals surface area contributed by atoms with Crippen LogP contribution in [-0.4, -0.2) is 94.7 Å². The van der Waals surface area contributed by atoms with Crippen LogP contribution < -0.4 is 10.9 Å². The van der Waals surface area contributed by atoms with Gasteiger partial charge >= 0.3 is 12.1 Å². The van der Waals surface area contributed by atoms with Gasteiger partial charge in [-0.05, 0) is 96.5 Å². The van der Waals surface area contributed by atoms with Crippen LogP contribution >= 0.6 is 0 Å². The van der Waals surface area contributed by atoms with Gasteiger partial charge in [0.1, 0.15) is 23.9 Å². The van der Waals surface area contributed by atoms with Crippen LogP contribution in [-0.2, 0) is 63.9 Å². The molecule has 5 aromatic rings. The number of hydrogen-bond acceptors (Lipinski definition) is 12. The molecule has 17 heteroatoms. The summed E-state index contributed by atoms with van der Waals surface area (Å²) in [5.74, 6) is -2.19. The van der Waals surface area contributed by atoms with E-state index in [2.05, 4.69) is 22.3 Å². The van der Waals surface area contributed by atoms with E-state index in [4.69, 9.17) is 14.5 Å². The van der Waals surface area contributed by atoms with Crippen LogP contribution in [0.3, 0.4) is 0 Å². The molecular weight excluding hydrogens is 888 g/mol. The second-order valence-electron chi connectivity index (χ2n) is 19.9. The number of alkyl carbamates (subject to hydrolysis) is 1. The largest absolute Gasteiger partial charge is 0.508 e. The number of aryl methyl sites for hydroxylation is 1. The number of esters is 1. The van der Waals surface area contributed by atoms with Crippen LogP contribution in [0.2, 0.25) is 0 Å². The lowest BCUT2D eigenvalue weighted by Crippen LogP contribution is -2.51. The predicted molar refractivity (Wildman–Crippen MR) is 248 cm³/mol. The SMILES string of the molecule is CC[C@@]1(O)C(=O)OCc2c1cc1n(c2=O)Cc2c-1nc1cc(F)c(C)c3c1c2[C@@H](NC(=O)O[C@@H](C)C(=O)N1C[C@H]2C[C@@H]1CN2Cc1ccc2c(c1)CN(C(=O)c1cc(C(C)C)c(O)cc1O)C2)CC3. The molecule has 0 saturated carbocycles. The van der Waals surface area contributed by atoms with Crippen molar-refractivity contribution in [2.75, 3.05) is 13.1 Å². The van der Waals surface area contributed by atoms with E-state index in [0.717, 1.165) is 28.7 Å². The van der Waals surface area contributed by atoms with E-state index in [1.165, 1.54) is 16.7 Å². The number of fused-ring (bicyclic) bond motifs is 8. The summed E-state index contributed by atoms with van der Waals surface area (Å²) in [5, 5.41) is 35.9. The smallest absolute Gasteiger partial charge is 0.408 e. The Hall–Kier alpha value is -6.85. The van der Waals surface area contributed by atoms with Crippen molar-refractivity contribution in [3.05, 3.63) is 120 Å². The summed E-state index contributed by atoms with van der Waals surface area (Å²) in [5.41, 5.74) is 5.43. The molecule has 2 aromatic heterocycles. The Morgan fingerprint density at radius 3 is 2.49 bits per heavy atom. The highest BCUT2D eigenvalue weighted by atomic mass is 19.1. The number of pyridine rings is 2. The van der Waals surface area contributed by atoms with Gasteiger partial charge in [-0.2, -0.15) is 0 Å². The number of phenols is 2. The number of aliphatic hydroxyl groups is 1. The predicted octanol–water partition coefficient (Wildman–Crippen LogP) is 5.81. The third-order valence-electron chi connectivity index (χ3n) is 15.6. The summed E-state index contributed by atoms with van der Waals surface area (Å²) in [6, 6.07) is 11.4. The number of halogens is 1. The van der Waals surface area contributed by atoms with E-state index in [1.54, 1.807) is 42.7 Å². The highest BCUT2D eigenvalue weighted by Gasteiger charge is 2.48. The van der Waals surface area contributed by atoms with Gasteiger partial charge in [-0.1, -0.05) is 39.0 Å². The number of aromatic nitrogens is 2. The number of phenolic OH excluding ortho intramolecular Hbond substituents is 2. The number of aromatic hydroxyl groups is 2. The molecule has 2 bridgehead atoms. The van der Waals surface area contributed by atoms with E-state index in [-0.39, 0.29) is 77.6 Å². The molecule has 3 amide bonds. The number of hydrogen-bond donors (Lipinski definition) is 4. The first-order valence-electron chi connectivity index (χ1n) is 23.7.